The summed E-state index contributed by atoms with van der Waals surface area (Å²) in [5, 5.41) is 37.3. The minimum Gasteiger partial charge on any atom is -0.394 e. The number of anilines is 1. The van der Waals surface area contributed by atoms with Crippen molar-refractivity contribution < 1.29 is 20.1 Å². The molecule has 0 aliphatic carbocycles. The maximum Gasteiger partial charge on any atom is 0.351 e. The van der Waals surface area contributed by atoms with E-state index < -0.39 is 36.8 Å². The molecule has 26 heavy (non-hydrogen) atoms. The smallest absolute Gasteiger partial charge is 0.351 e. The second kappa shape index (κ2) is 7.11. The fraction of sp³-hybridized carbons (Fsp3) is 0.600. The van der Waals surface area contributed by atoms with Crippen LogP contribution in [-0.2, 0) is 11.2 Å². The van der Waals surface area contributed by atoms with Gasteiger partial charge in [0.05, 0.1) is 12.3 Å². The van der Waals surface area contributed by atoms with Gasteiger partial charge in [0.2, 0.25) is 0 Å². The number of hydrogen-bond acceptors (Lipinski definition) is 9. The Morgan fingerprint density at radius 2 is 2.04 bits per heavy atom. The molecule has 2 unspecified atom stereocenters. The molecule has 0 radical (unpaired) electrons. The first-order chi connectivity index (χ1) is 12.3. The molecule has 1 aliphatic heterocycles. The SMILES string of the molecule is CC(C)n1cc(Cc2cn([C@@H]3O[C@H](CO)C(O)C3O)c(=O)nc2N)nn1. The van der Waals surface area contributed by atoms with E-state index in [1.807, 2.05) is 13.8 Å². The Hall–Kier alpha value is -2.34. The Bertz CT molecular complexity index is 834. The quantitative estimate of drug-likeness (QED) is 0.478. The summed E-state index contributed by atoms with van der Waals surface area (Å²) in [6.45, 7) is 3.45. The highest BCUT2D eigenvalue weighted by Crippen LogP contribution is 2.28. The number of aromatic nitrogens is 5. The number of aliphatic hydroxyl groups excluding tert-OH is 3. The molecule has 3 rings (SSSR count). The van der Waals surface area contributed by atoms with Crippen LogP contribution < -0.4 is 11.4 Å². The summed E-state index contributed by atoms with van der Waals surface area (Å²) in [7, 11) is 0. The highest BCUT2D eigenvalue weighted by molar-refractivity contribution is 5.39. The van der Waals surface area contributed by atoms with Crippen LogP contribution in [0.15, 0.2) is 17.2 Å². The highest BCUT2D eigenvalue weighted by Gasteiger charge is 2.43. The van der Waals surface area contributed by atoms with Gasteiger partial charge >= 0.3 is 5.69 Å². The molecule has 1 fully saturated rings. The van der Waals surface area contributed by atoms with E-state index in [-0.39, 0.29) is 18.3 Å². The largest absolute Gasteiger partial charge is 0.394 e. The normalized spacial score (nSPS) is 25.9. The van der Waals surface area contributed by atoms with Gasteiger partial charge in [-0.2, -0.15) is 4.98 Å². The summed E-state index contributed by atoms with van der Waals surface area (Å²) in [6.07, 6.45) is -1.40. The van der Waals surface area contributed by atoms with Gasteiger partial charge in [0, 0.05) is 30.4 Å². The number of nitrogens with two attached hydrogens (primary N) is 1. The summed E-state index contributed by atoms with van der Waals surface area (Å²) in [5.41, 5.74) is 6.25. The molecule has 3 heterocycles. The van der Waals surface area contributed by atoms with Gasteiger partial charge < -0.3 is 25.8 Å². The number of nitrogens with zero attached hydrogens (tertiary/aromatic N) is 5. The number of rotatable bonds is 5. The van der Waals surface area contributed by atoms with Crippen molar-refractivity contribution >= 4 is 5.82 Å². The van der Waals surface area contributed by atoms with E-state index >= 15 is 0 Å². The molecule has 11 nitrogen and oxygen atoms in total. The van der Waals surface area contributed by atoms with Crippen molar-refractivity contribution in [2.75, 3.05) is 12.3 Å². The summed E-state index contributed by atoms with van der Waals surface area (Å²) < 4.78 is 8.14. The van der Waals surface area contributed by atoms with Crippen LogP contribution in [0.5, 0.6) is 0 Å². The van der Waals surface area contributed by atoms with Crippen LogP contribution in [0, 0.1) is 0 Å². The minimum atomic E-state index is -1.38. The first-order valence-electron chi connectivity index (χ1n) is 8.22. The number of ether oxygens (including phenoxy) is 1. The lowest BCUT2D eigenvalue weighted by Crippen LogP contribution is -2.36. The zero-order chi connectivity index (χ0) is 19.0. The third kappa shape index (κ3) is 3.33. The summed E-state index contributed by atoms with van der Waals surface area (Å²) in [5.74, 6) is 0.0390. The van der Waals surface area contributed by atoms with Crippen molar-refractivity contribution in [3.8, 4) is 0 Å². The van der Waals surface area contributed by atoms with Crippen LogP contribution in [-0.4, -0.2) is 64.8 Å². The summed E-state index contributed by atoms with van der Waals surface area (Å²) in [6, 6.07) is 0.152. The Balaban J connectivity index is 1.91. The standard InChI is InChI=1S/C15H22N6O5/c1-7(2)21-5-9(18-19-21)3-8-4-20(15(25)17-13(8)16)14-12(24)11(23)10(6-22)26-14/h4-5,7,10-12,14,22-24H,3,6H2,1-2H3,(H2,16,17,25)/t10-,11?,12?,14-/m1/s1. The molecule has 142 valence electrons. The van der Waals surface area contributed by atoms with Gasteiger partial charge in [-0.1, -0.05) is 5.21 Å². The molecule has 1 saturated heterocycles. The van der Waals surface area contributed by atoms with Crippen molar-refractivity contribution in [3.63, 3.8) is 0 Å². The summed E-state index contributed by atoms with van der Waals surface area (Å²) >= 11 is 0. The fourth-order valence-corrected chi connectivity index (χ4v) is 2.79. The van der Waals surface area contributed by atoms with Gasteiger partial charge in [0.1, 0.15) is 24.1 Å². The zero-order valence-electron chi connectivity index (χ0n) is 14.4. The zero-order valence-corrected chi connectivity index (χ0v) is 14.4. The van der Waals surface area contributed by atoms with Crippen LogP contribution in [0.4, 0.5) is 5.82 Å². The molecular weight excluding hydrogens is 344 g/mol. The van der Waals surface area contributed by atoms with Gasteiger partial charge in [0.25, 0.3) is 0 Å². The van der Waals surface area contributed by atoms with Crippen molar-refractivity contribution in [2.45, 2.75) is 50.8 Å². The molecular formula is C15H22N6O5. The first-order valence-corrected chi connectivity index (χ1v) is 8.22. The number of nitrogen functional groups attached to an aromatic ring is 1. The van der Waals surface area contributed by atoms with Crippen LogP contribution >= 0.6 is 0 Å². The monoisotopic (exact) mass is 366 g/mol. The highest BCUT2D eigenvalue weighted by atomic mass is 16.6. The van der Waals surface area contributed by atoms with Crippen LogP contribution in [0.25, 0.3) is 0 Å². The van der Waals surface area contributed by atoms with Crippen molar-refractivity contribution in [1.82, 2.24) is 24.5 Å². The van der Waals surface area contributed by atoms with Gasteiger partial charge in [-0.3, -0.25) is 4.57 Å². The van der Waals surface area contributed by atoms with E-state index in [1.54, 1.807) is 10.9 Å². The Labute approximate surface area is 148 Å². The topological polar surface area (TPSA) is 162 Å². The molecule has 0 amide bonds. The second-order valence-electron chi connectivity index (χ2n) is 6.53. The van der Waals surface area contributed by atoms with Crippen LogP contribution in [0.2, 0.25) is 0 Å². The molecule has 4 atom stereocenters. The third-order valence-corrected chi connectivity index (χ3v) is 4.31. The molecule has 0 spiro atoms. The Morgan fingerprint density at radius 1 is 1.31 bits per heavy atom. The van der Waals surface area contributed by atoms with Gasteiger partial charge in [-0.15, -0.1) is 5.10 Å². The molecule has 0 aromatic carbocycles. The van der Waals surface area contributed by atoms with E-state index in [1.165, 1.54) is 6.20 Å². The van der Waals surface area contributed by atoms with E-state index in [0.29, 0.717) is 11.3 Å². The van der Waals surface area contributed by atoms with Crippen molar-refractivity contribution in [2.24, 2.45) is 0 Å². The average molecular weight is 366 g/mol. The Kier molecular flexibility index (Phi) is 5.05. The van der Waals surface area contributed by atoms with E-state index in [2.05, 4.69) is 15.3 Å². The average Bonchev–Trinajstić information content (AvgIpc) is 3.17. The maximum absolute atomic E-state index is 12.2. The fourth-order valence-electron chi connectivity index (χ4n) is 2.79. The molecule has 2 aromatic rings. The lowest BCUT2D eigenvalue weighted by molar-refractivity contribution is -0.0550. The molecule has 0 bridgehead atoms. The van der Waals surface area contributed by atoms with Crippen molar-refractivity contribution in [3.05, 3.63) is 34.1 Å². The molecule has 11 heteroatoms. The molecule has 2 aromatic heterocycles. The van der Waals surface area contributed by atoms with Crippen LogP contribution in [0.3, 0.4) is 0 Å². The number of hydrogen-bond donors (Lipinski definition) is 4. The van der Waals surface area contributed by atoms with Gasteiger partial charge in [0.15, 0.2) is 6.23 Å². The number of aliphatic hydroxyl groups is 3. The van der Waals surface area contributed by atoms with Gasteiger partial charge in [-0.05, 0) is 13.8 Å². The lowest BCUT2D eigenvalue weighted by Gasteiger charge is -2.18. The summed E-state index contributed by atoms with van der Waals surface area (Å²) in [4.78, 5) is 15.9. The van der Waals surface area contributed by atoms with E-state index in [4.69, 9.17) is 10.5 Å². The van der Waals surface area contributed by atoms with E-state index in [0.717, 1.165) is 4.57 Å². The first kappa shape index (κ1) is 18.5. The molecule has 0 saturated carbocycles. The Morgan fingerprint density at radius 3 is 2.62 bits per heavy atom. The van der Waals surface area contributed by atoms with Crippen LogP contribution in [0.1, 0.15) is 37.4 Å². The molecule has 5 N–H and O–H groups in total. The second-order valence-corrected chi connectivity index (χ2v) is 6.53. The van der Waals surface area contributed by atoms with Crippen molar-refractivity contribution in [1.29, 1.82) is 0 Å². The minimum absolute atomic E-state index is 0.0390. The van der Waals surface area contributed by atoms with Gasteiger partial charge in [-0.25, -0.2) is 9.48 Å². The molecule has 1 aliphatic rings. The predicted molar refractivity (Wildman–Crippen MR) is 89.1 cm³/mol. The lowest BCUT2D eigenvalue weighted by atomic mass is 10.1. The van der Waals surface area contributed by atoms with E-state index in [9.17, 15) is 20.1 Å². The predicted octanol–water partition coefficient (Wildman–Crippen LogP) is -1.80. The third-order valence-electron chi connectivity index (χ3n) is 4.31. The maximum atomic E-state index is 12.2.